The summed E-state index contributed by atoms with van der Waals surface area (Å²) >= 11 is 1.68. The molecule has 23 heavy (non-hydrogen) atoms. The van der Waals surface area contributed by atoms with Crippen LogP contribution in [0.3, 0.4) is 0 Å². The fraction of sp³-hybridized carbons (Fsp3) is 0.200. The highest BCUT2D eigenvalue weighted by Gasteiger charge is 2.01. The van der Waals surface area contributed by atoms with Gasteiger partial charge in [0.1, 0.15) is 0 Å². The zero-order chi connectivity index (χ0) is 15.9. The molecular weight excluding hydrogens is 300 g/mol. The van der Waals surface area contributed by atoms with Crippen molar-refractivity contribution in [1.82, 2.24) is 4.98 Å². The Morgan fingerprint density at radius 1 is 0.957 bits per heavy atom. The first-order valence-corrected chi connectivity index (χ1v) is 8.70. The van der Waals surface area contributed by atoms with E-state index in [1.807, 2.05) is 23.8 Å². The Morgan fingerprint density at radius 2 is 1.74 bits per heavy atom. The molecule has 2 nitrogen and oxygen atoms in total. The summed E-state index contributed by atoms with van der Waals surface area (Å²) in [6, 6.07) is 18.8. The van der Waals surface area contributed by atoms with Crippen LogP contribution in [0.5, 0.6) is 0 Å². The van der Waals surface area contributed by atoms with E-state index >= 15 is 0 Å². The van der Waals surface area contributed by atoms with Gasteiger partial charge in [0.2, 0.25) is 0 Å². The number of thiazole rings is 1. The second-order valence-corrected chi connectivity index (χ2v) is 6.47. The van der Waals surface area contributed by atoms with E-state index < -0.39 is 0 Å². The van der Waals surface area contributed by atoms with Crippen LogP contribution in [0, 0.1) is 11.3 Å². The molecule has 0 bridgehead atoms. The molecule has 0 atom stereocenters. The Balaban J connectivity index is 1.51. The molecular formula is C20H18N2S. The van der Waals surface area contributed by atoms with Gasteiger partial charge in [-0.25, -0.2) is 0 Å². The number of benzene rings is 2. The molecule has 0 radical (unpaired) electrons. The number of nitrogens with zero attached hydrogens (tertiary/aromatic N) is 2. The fourth-order valence-corrected chi connectivity index (χ4v) is 3.26. The maximum atomic E-state index is 8.81. The van der Waals surface area contributed by atoms with Crippen LogP contribution in [0.25, 0.3) is 10.4 Å². The molecule has 0 spiro atoms. The van der Waals surface area contributed by atoms with Crippen molar-refractivity contribution in [2.75, 3.05) is 0 Å². The third-order valence-electron chi connectivity index (χ3n) is 3.91. The van der Waals surface area contributed by atoms with Crippen molar-refractivity contribution in [1.29, 1.82) is 5.26 Å². The third-order valence-corrected chi connectivity index (χ3v) is 4.73. The molecule has 3 aromatic rings. The number of nitriles is 1. The minimum absolute atomic E-state index is 0.730. The number of aryl methyl sites for hydroxylation is 2. The average molecular weight is 318 g/mol. The van der Waals surface area contributed by atoms with Crippen LogP contribution in [0.4, 0.5) is 0 Å². The first kappa shape index (κ1) is 15.5. The lowest BCUT2D eigenvalue weighted by Crippen LogP contribution is -1.90. The van der Waals surface area contributed by atoms with E-state index in [1.54, 1.807) is 11.3 Å². The second kappa shape index (κ2) is 7.71. The summed E-state index contributed by atoms with van der Waals surface area (Å²) in [6.45, 7) is 0. The van der Waals surface area contributed by atoms with Crippen LogP contribution in [-0.2, 0) is 12.8 Å². The fourth-order valence-electron chi connectivity index (χ4n) is 2.64. The largest absolute Gasteiger partial charge is 0.252 e. The van der Waals surface area contributed by atoms with Gasteiger partial charge in [-0.1, -0.05) is 36.4 Å². The molecule has 3 rings (SSSR count). The number of aromatic nitrogens is 1. The summed E-state index contributed by atoms with van der Waals surface area (Å²) in [4.78, 5) is 5.37. The van der Waals surface area contributed by atoms with E-state index in [0.717, 1.165) is 24.8 Å². The van der Waals surface area contributed by atoms with E-state index in [-0.39, 0.29) is 0 Å². The molecule has 0 unspecified atom stereocenters. The van der Waals surface area contributed by atoms with Gasteiger partial charge in [-0.2, -0.15) is 5.26 Å². The van der Waals surface area contributed by atoms with Crippen LogP contribution >= 0.6 is 11.3 Å². The van der Waals surface area contributed by atoms with Crippen molar-refractivity contribution in [3.05, 3.63) is 76.9 Å². The first-order chi connectivity index (χ1) is 11.3. The average Bonchev–Trinajstić information content (AvgIpc) is 3.14. The van der Waals surface area contributed by atoms with Crippen LogP contribution in [0.2, 0.25) is 0 Å². The molecule has 3 heteroatoms. The van der Waals surface area contributed by atoms with Crippen LogP contribution in [0.15, 0.2) is 60.2 Å². The lowest BCUT2D eigenvalue weighted by Gasteiger charge is -2.05. The second-order valence-electron chi connectivity index (χ2n) is 5.58. The number of unbranched alkanes of at least 4 members (excludes halogenated alkanes) is 1. The monoisotopic (exact) mass is 318 g/mol. The van der Waals surface area contributed by atoms with Gasteiger partial charge in [0.15, 0.2) is 0 Å². The van der Waals surface area contributed by atoms with Crippen molar-refractivity contribution in [2.24, 2.45) is 0 Å². The summed E-state index contributed by atoms with van der Waals surface area (Å²) in [6.07, 6.45) is 6.43. The van der Waals surface area contributed by atoms with Gasteiger partial charge < -0.3 is 0 Å². The Bertz CT molecular complexity index is 783. The lowest BCUT2D eigenvalue weighted by molar-refractivity contribution is 0.734. The SMILES string of the molecule is N#Cc1ccc(CCCCc2cccc(-c3cncs3)c2)cc1. The van der Waals surface area contributed by atoms with Gasteiger partial charge in [0.05, 0.1) is 22.0 Å². The molecule has 0 fully saturated rings. The van der Waals surface area contributed by atoms with Gasteiger partial charge in [0.25, 0.3) is 0 Å². The normalized spacial score (nSPS) is 10.4. The van der Waals surface area contributed by atoms with Gasteiger partial charge in [-0.3, -0.25) is 4.98 Å². The zero-order valence-electron chi connectivity index (χ0n) is 12.9. The Labute approximate surface area is 141 Å². The zero-order valence-corrected chi connectivity index (χ0v) is 13.7. The maximum absolute atomic E-state index is 8.81. The molecule has 0 saturated carbocycles. The van der Waals surface area contributed by atoms with Crippen LogP contribution in [0.1, 0.15) is 29.5 Å². The molecule has 0 aliphatic carbocycles. The quantitative estimate of drug-likeness (QED) is 0.582. The van der Waals surface area contributed by atoms with Crippen molar-refractivity contribution in [3.8, 4) is 16.5 Å². The van der Waals surface area contributed by atoms with Gasteiger partial charge in [-0.05, 0) is 54.5 Å². The van der Waals surface area contributed by atoms with Gasteiger partial charge >= 0.3 is 0 Å². The van der Waals surface area contributed by atoms with Crippen molar-refractivity contribution < 1.29 is 0 Å². The van der Waals surface area contributed by atoms with Crippen molar-refractivity contribution >= 4 is 11.3 Å². The van der Waals surface area contributed by atoms with Crippen LogP contribution < -0.4 is 0 Å². The molecule has 0 aliphatic heterocycles. The van der Waals surface area contributed by atoms with Crippen molar-refractivity contribution in [3.63, 3.8) is 0 Å². The highest BCUT2D eigenvalue weighted by atomic mass is 32.1. The Kier molecular flexibility index (Phi) is 5.18. The predicted octanol–water partition coefficient (Wildman–Crippen LogP) is 5.25. The summed E-state index contributed by atoms with van der Waals surface area (Å²) in [5.74, 6) is 0. The predicted molar refractivity (Wildman–Crippen MR) is 95.3 cm³/mol. The van der Waals surface area contributed by atoms with E-state index in [2.05, 4.69) is 47.5 Å². The van der Waals surface area contributed by atoms with E-state index in [1.165, 1.54) is 28.0 Å². The van der Waals surface area contributed by atoms with Gasteiger partial charge in [-0.15, -0.1) is 11.3 Å². The van der Waals surface area contributed by atoms with E-state index in [9.17, 15) is 0 Å². The molecule has 0 N–H and O–H groups in total. The van der Waals surface area contributed by atoms with Gasteiger partial charge in [0, 0.05) is 6.20 Å². The molecule has 0 amide bonds. The summed E-state index contributed by atoms with van der Waals surface area (Å²) in [7, 11) is 0. The first-order valence-electron chi connectivity index (χ1n) is 7.82. The molecule has 2 aromatic carbocycles. The topological polar surface area (TPSA) is 36.7 Å². The minimum Gasteiger partial charge on any atom is -0.252 e. The Morgan fingerprint density at radius 3 is 2.43 bits per heavy atom. The summed E-state index contributed by atoms with van der Waals surface area (Å²) in [5.41, 5.74) is 6.56. The lowest BCUT2D eigenvalue weighted by atomic mass is 10.0. The third kappa shape index (κ3) is 4.28. The van der Waals surface area contributed by atoms with E-state index in [0.29, 0.717) is 0 Å². The van der Waals surface area contributed by atoms with Crippen molar-refractivity contribution in [2.45, 2.75) is 25.7 Å². The number of rotatable bonds is 6. The summed E-state index contributed by atoms with van der Waals surface area (Å²) < 4.78 is 0. The van der Waals surface area contributed by atoms with E-state index in [4.69, 9.17) is 5.26 Å². The molecule has 114 valence electrons. The summed E-state index contributed by atoms with van der Waals surface area (Å²) in [5, 5.41) is 8.81. The molecule has 1 heterocycles. The minimum atomic E-state index is 0.730. The van der Waals surface area contributed by atoms with Crippen LogP contribution in [-0.4, -0.2) is 4.98 Å². The smallest absolute Gasteiger partial charge is 0.0991 e. The maximum Gasteiger partial charge on any atom is 0.0991 e. The number of hydrogen-bond donors (Lipinski definition) is 0. The molecule has 0 saturated heterocycles. The Hall–Kier alpha value is -2.44. The molecule has 1 aromatic heterocycles. The standard InChI is InChI=1S/C20H18N2S/c21-13-18-10-8-16(9-11-18)4-1-2-5-17-6-3-7-19(12-17)20-14-22-15-23-20/h3,6-12,14-15H,1-2,4-5H2. The highest BCUT2D eigenvalue weighted by Crippen LogP contribution is 2.24. The number of hydrogen-bond acceptors (Lipinski definition) is 3. The molecule has 0 aliphatic rings. The highest BCUT2D eigenvalue weighted by molar-refractivity contribution is 7.13.